The molecule has 0 aromatic carbocycles. The van der Waals surface area contributed by atoms with Crippen molar-refractivity contribution in [3.05, 3.63) is 40.4 Å². The van der Waals surface area contributed by atoms with E-state index in [-0.39, 0.29) is 12.5 Å². The van der Waals surface area contributed by atoms with Gasteiger partial charge in [-0.3, -0.25) is 9.69 Å². The Bertz CT molecular complexity index is 1000. The summed E-state index contributed by atoms with van der Waals surface area (Å²) in [5.41, 5.74) is 2.35. The number of aromatic nitrogens is 3. The second kappa shape index (κ2) is 13.3. The number of unbranched alkanes of at least 4 members (excludes halogenated alkanes) is 1. The molecule has 0 aliphatic carbocycles. The van der Waals surface area contributed by atoms with Gasteiger partial charge in [0.1, 0.15) is 24.0 Å². The summed E-state index contributed by atoms with van der Waals surface area (Å²) in [6, 6.07) is 3.43. The van der Waals surface area contributed by atoms with Crippen molar-refractivity contribution in [3.8, 4) is 0 Å². The van der Waals surface area contributed by atoms with Crippen LogP contribution in [0.5, 0.6) is 0 Å². The van der Waals surface area contributed by atoms with Crippen molar-refractivity contribution < 1.29 is 14.7 Å². The van der Waals surface area contributed by atoms with Crippen molar-refractivity contribution in [2.24, 2.45) is 0 Å². The SMILES string of the molecule is CN(C)C(=O)CN(CCCCc1ccc2c(n1)NCCC2)CCC(Nc1ncncc1Br)C(=O)O. The lowest BCUT2D eigenvalue weighted by atomic mass is 10.1. The highest BCUT2D eigenvalue weighted by atomic mass is 79.9. The van der Waals surface area contributed by atoms with Crippen LogP contribution in [0, 0.1) is 0 Å². The van der Waals surface area contributed by atoms with Gasteiger partial charge in [0.2, 0.25) is 5.91 Å². The lowest BCUT2D eigenvalue weighted by Crippen LogP contribution is -2.40. The number of halogens is 1. The van der Waals surface area contributed by atoms with Crippen LogP contribution in [-0.2, 0) is 22.4 Å². The number of rotatable bonds is 13. The van der Waals surface area contributed by atoms with Gasteiger partial charge in [-0.05, 0) is 72.6 Å². The predicted octanol–water partition coefficient (Wildman–Crippen LogP) is 2.66. The van der Waals surface area contributed by atoms with Crippen LogP contribution in [0.1, 0.15) is 36.9 Å². The molecule has 11 heteroatoms. The van der Waals surface area contributed by atoms with Crippen molar-refractivity contribution in [2.45, 2.75) is 44.6 Å². The van der Waals surface area contributed by atoms with Gasteiger partial charge in [0.05, 0.1) is 11.0 Å². The largest absolute Gasteiger partial charge is 0.480 e. The van der Waals surface area contributed by atoms with Crippen molar-refractivity contribution in [2.75, 3.05) is 50.9 Å². The van der Waals surface area contributed by atoms with Gasteiger partial charge >= 0.3 is 5.97 Å². The first kappa shape index (κ1) is 26.8. The molecule has 1 unspecified atom stereocenters. The molecule has 1 aliphatic heterocycles. The summed E-state index contributed by atoms with van der Waals surface area (Å²) in [5, 5.41) is 16.0. The molecule has 2 aromatic heterocycles. The number of likely N-dealkylation sites (N-methyl/N-ethyl adjacent to an activating group) is 1. The molecule has 0 fully saturated rings. The highest BCUT2D eigenvalue weighted by Crippen LogP contribution is 2.21. The average molecular weight is 548 g/mol. The summed E-state index contributed by atoms with van der Waals surface area (Å²) in [6.45, 7) is 2.38. The summed E-state index contributed by atoms with van der Waals surface area (Å²) in [4.78, 5) is 40.6. The van der Waals surface area contributed by atoms with Gasteiger partial charge in [0, 0.05) is 39.1 Å². The van der Waals surface area contributed by atoms with E-state index >= 15 is 0 Å². The van der Waals surface area contributed by atoms with Gasteiger partial charge in [-0.15, -0.1) is 0 Å². The van der Waals surface area contributed by atoms with Crippen LogP contribution in [0.3, 0.4) is 0 Å². The second-order valence-corrected chi connectivity index (χ2v) is 9.76. The Morgan fingerprint density at radius 1 is 1.26 bits per heavy atom. The van der Waals surface area contributed by atoms with E-state index in [4.69, 9.17) is 4.98 Å². The van der Waals surface area contributed by atoms with Gasteiger partial charge in [-0.2, -0.15) is 0 Å². The van der Waals surface area contributed by atoms with E-state index in [0.717, 1.165) is 50.2 Å². The minimum Gasteiger partial charge on any atom is -0.480 e. The number of aryl methyl sites for hydroxylation is 2. The van der Waals surface area contributed by atoms with Gasteiger partial charge in [-0.25, -0.2) is 19.7 Å². The van der Waals surface area contributed by atoms with Gasteiger partial charge < -0.3 is 20.6 Å². The molecule has 0 saturated carbocycles. The van der Waals surface area contributed by atoms with Crippen LogP contribution < -0.4 is 10.6 Å². The number of fused-ring (bicyclic) bond motifs is 1. The van der Waals surface area contributed by atoms with Crippen LogP contribution in [0.15, 0.2) is 29.1 Å². The number of carboxylic acid groups (broad SMARTS) is 1. The highest BCUT2D eigenvalue weighted by molar-refractivity contribution is 9.10. The van der Waals surface area contributed by atoms with Crippen LogP contribution in [0.2, 0.25) is 0 Å². The van der Waals surface area contributed by atoms with Crippen LogP contribution in [-0.4, -0.2) is 88.1 Å². The molecule has 1 aliphatic rings. The maximum Gasteiger partial charge on any atom is 0.326 e. The smallest absolute Gasteiger partial charge is 0.326 e. The number of nitrogens with one attached hydrogen (secondary N) is 2. The van der Waals surface area contributed by atoms with Crippen molar-refractivity contribution in [1.29, 1.82) is 0 Å². The number of hydrogen-bond acceptors (Lipinski definition) is 8. The number of pyridine rings is 1. The number of nitrogens with zero attached hydrogens (tertiary/aromatic N) is 5. The number of carbonyl (C=O) groups excluding carboxylic acids is 1. The predicted molar refractivity (Wildman–Crippen MR) is 139 cm³/mol. The van der Waals surface area contributed by atoms with Gasteiger partial charge in [-0.1, -0.05) is 6.07 Å². The Hall–Kier alpha value is -2.79. The molecule has 0 radical (unpaired) electrons. The molecular weight excluding hydrogens is 514 g/mol. The molecule has 3 heterocycles. The van der Waals surface area contributed by atoms with Crippen LogP contribution in [0.4, 0.5) is 11.6 Å². The first-order chi connectivity index (χ1) is 16.8. The molecule has 2 aromatic rings. The van der Waals surface area contributed by atoms with Gasteiger partial charge in [0.15, 0.2) is 0 Å². The van der Waals surface area contributed by atoms with E-state index in [2.05, 4.69) is 48.7 Å². The number of carbonyl (C=O) groups is 2. The fraction of sp³-hybridized carbons (Fsp3) is 0.542. The van der Waals surface area contributed by atoms with E-state index in [1.165, 1.54) is 11.9 Å². The molecule has 0 spiro atoms. The normalized spacial score (nSPS) is 13.6. The third kappa shape index (κ3) is 8.43. The zero-order chi connectivity index (χ0) is 25.2. The summed E-state index contributed by atoms with van der Waals surface area (Å²) in [7, 11) is 3.45. The maximum absolute atomic E-state index is 12.4. The topological polar surface area (TPSA) is 124 Å². The van der Waals surface area contributed by atoms with Crippen molar-refractivity contribution >= 4 is 39.4 Å². The molecular formula is C24H34BrN7O3. The fourth-order valence-electron chi connectivity index (χ4n) is 3.91. The highest BCUT2D eigenvalue weighted by Gasteiger charge is 2.21. The molecule has 35 heavy (non-hydrogen) atoms. The summed E-state index contributed by atoms with van der Waals surface area (Å²) in [5.74, 6) is 0.456. The van der Waals surface area contributed by atoms with Crippen molar-refractivity contribution in [1.82, 2.24) is 24.8 Å². The third-order valence-electron chi connectivity index (χ3n) is 5.98. The van der Waals surface area contributed by atoms with E-state index in [9.17, 15) is 14.7 Å². The van der Waals surface area contributed by atoms with E-state index in [1.807, 2.05) is 4.90 Å². The van der Waals surface area contributed by atoms with Crippen LogP contribution >= 0.6 is 15.9 Å². The lowest BCUT2D eigenvalue weighted by Gasteiger charge is -2.25. The minimum atomic E-state index is -0.971. The Balaban J connectivity index is 1.53. The Morgan fingerprint density at radius 3 is 2.83 bits per heavy atom. The quantitative estimate of drug-likeness (QED) is 0.324. The summed E-state index contributed by atoms with van der Waals surface area (Å²) in [6.07, 6.45) is 8.15. The number of aliphatic carboxylic acids is 1. The number of hydrogen-bond donors (Lipinski definition) is 3. The average Bonchev–Trinajstić information content (AvgIpc) is 2.84. The van der Waals surface area contributed by atoms with E-state index in [1.54, 1.807) is 25.2 Å². The molecule has 3 rings (SSSR count). The van der Waals surface area contributed by atoms with Crippen molar-refractivity contribution in [3.63, 3.8) is 0 Å². The molecule has 10 nitrogen and oxygen atoms in total. The Kier molecular flexibility index (Phi) is 10.2. The number of carboxylic acids is 1. The Labute approximate surface area is 214 Å². The zero-order valence-corrected chi connectivity index (χ0v) is 21.9. The zero-order valence-electron chi connectivity index (χ0n) is 20.3. The molecule has 1 amide bonds. The summed E-state index contributed by atoms with van der Waals surface area (Å²) < 4.78 is 0.594. The molecule has 3 N–H and O–H groups in total. The fourth-order valence-corrected chi connectivity index (χ4v) is 4.24. The first-order valence-corrected chi connectivity index (χ1v) is 12.7. The molecule has 190 valence electrons. The standard InChI is InChI=1S/C24H34BrN7O3/c1-31(2)21(33)15-32(13-10-20(24(34)35)30-23-19(25)14-26-16-28-23)12-4-3-7-18-9-8-17-6-5-11-27-22(17)29-18/h8-9,14,16,20H,3-7,10-13,15H2,1-2H3,(H,27,29)(H,34,35)(H,26,28,30). The first-order valence-electron chi connectivity index (χ1n) is 11.9. The molecule has 1 atom stereocenters. The minimum absolute atomic E-state index is 0.00851. The van der Waals surface area contributed by atoms with Gasteiger partial charge in [0.25, 0.3) is 0 Å². The Morgan fingerprint density at radius 2 is 2.09 bits per heavy atom. The van der Waals surface area contributed by atoms with Crippen LogP contribution in [0.25, 0.3) is 0 Å². The number of anilines is 2. The maximum atomic E-state index is 12.4. The van der Waals surface area contributed by atoms with E-state index < -0.39 is 12.0 Å². The lowest BCUT2D eigenvalue weighted by molar-refractivity contribution is -0.138. The third-order valence-corrected chi connectivity index (χ3v) is 6.56. The second-order valence-electron chi connectivity index (χ2n) is 8.91. The molecule has 0 bridgehead atoms. The monoisotopic (exact) mass is 547 g/mol. The number of amides is 1. The van der Waals surface area contributed by atoms with E-state index in [0.29, 0.717) is 29.8 Å². The molecule has 0 saturated heterocycles. The summed E-state index contributed by atoms with van der Waals surface area (Å²) >= 11 is 3.33.